The van der Waals surface area contributed by atoms with Crippen LogP contribution in [0.5, 0.6) is 0 Å². The molecule has 2 heterocycles. The van der Waals surface area contributed by atoms with Crippen molar-refractivity contribution >= 4 is 34.9 Å². The Bertz CT molecular complexity index is 760. The second-order valence-corrected chi connectivity index (χ2v) is 6.18. The lowest BCUT2D eigenvalue weighted by Crippen LogP contribution is -2.50. The molecule has 24 heavy (non-hydrogen) atoms. The Balaban J connectivity index is 1.70. The minimum Gasteiger partial charge on any atom is -0.352 e. The van der Waals surface area contributed by atoms with Crippen LogP contribution in [-0.4, -0.2) is 35.9 Å². The van der Waals surface area contributed by atoms with Gasteiger partial charge in [-0.15, -0.1) is 11.3 Å². The Morgan fingerprint density at radius 3 is 2.92 bits per heavy atom. The summed E-state index contributed by atoms with van der Waals surface area (Å²) in [5.41, 5.74) is 0.899. The highest BCUT2D eigenvalue weighted by Gasteiger charge is 2.27. The highest BCUT2D eigenvalue weighted by Crippen LogP contribution is 2.22. The van der Waals surface area contributed by atoms with Gasteiger partial charge in [-0.05, 0) is 12.1 Å². The van der Waals surface area contributed by atoms with E-state index in [-0.39, 0.29) is 24.8 Å². The molecule has 0 bridgehead atoms. The van der Waals surface area contributed by atoms with Crippen LogP contribution in [0, 0.1) is 0 Å². The van der Waals surface area contributed by atoms with Crippen molar-refractivity contribution in [3.05, 3.63) is 46.4 Å². The number of aromatic nitrogens is 1. The monoisotopic (exact) mass is 344 g/mol. The average molecular weight is 344 g/mol. The van der Waals surface area contributed by atoms with Crippen LogP contribution in [0.4, 0.5) is 10.5 Å². The molecule has 0 saturated carbocycles. The topological polar surface area (TPSA) is 91.4 Å². The molecule has 8 heteroatoms. The summed E-state index contributed by atoms with van der Waals surface area (Å²) in [5.74, 6) is -0.562. The second-order valence-electron chi connectivity index (χ2n) is 5.20. The van der Waals surface area contributed by atoms with Crippen molar-refractivity contribution in [1.82, 2.24) is 15.6 Å². The fourth-order valence-corrected chi connectivity index (χ4v) is 3.07. The summed E-state index contributed by atoms with van der Waals surface area (Å²) >= 11 is 1.54. The number of hydrogen-bond donors (Lipinski definition) is 2. The number of anilines is 1. The molecule has 0 aliphatic carbocycles. The lowest BCUT2D eigenvalue weighted by molar-refractivity contribution is -0.120. The molecule has 0 spiro atoms. The maximum atomic E-state index is 12.5. The van der Waals surface area contributed by atoms with Crippen molar-refractivity contribution in [2.45, 2.75) is 12.8 Å². The van der Waals surface area contributed by atoms with Gasteiger partial charge < -0.3 is 5.32 Å². The average Bonchev–Trinajstić information content (AvgIpc) is 3.08. The maximum Gasteiger partial charge on any atom is 0.328 e. The Morgan fingerprint density at radius 2 is 2.17 bits per heavy atom. The summed E-state index contributed by atoms with van der Waals surface area (Å²) in [7, 11) is 0. The number of nitrogens with zero attached hydrogens (tertiary/aromatic N) is 2. The molecular formula is C16H16N4O3S. The van der Waals surface area contributed by atoms with Gasteiger partial charge in [-0.3, -0.25) is 19.8 Å². The zero-order chi connectivity index (χ0) is 16.9. The summed E-state index contributed by atoms with van der Waals surface area (Å²) in [6, 6.07) is 6.36. The molecule has 0 atom stereocenters. The lowest BCUT2D eigenvalue weighted by atomic mass is 10.1. The number of carbonyl (C=O) groups is 3. The smallest absolute Gasteiger partial charge is 0.328 e. The van der Waals surface area contributed by atoms with Crippen molar-refractivity contribution in [1.29, 1.82) is 0 Å². The van der Waals surface area contributed by atoms with Crippen LogP contribution in [0.2, 0.25) is 0 Å². The van der Waals surface area contributed by atoms with Crippen LogP contribution in [0.1, 0.15) is 21.8 Å². The maximum absolute atomic E-state index is 12.5. The van der Waals surface area contributed by atoms with E-state index in [0.717, 1.165) is 5.01 Å². The van der Waals surface area contributed by atoms with Crippen molar-refractivity contribution in [2.24, 2.45) is 0 Å². The number of carbonyl (C=O) groups excluding carboxylic acids is 3. The summed E-state index contributed by atoms with van der Waals surface area (Å²) in [4.78, 5) is 41.3. The standard InChI is InChI=1S/C16H16N4O3S/c21-13-6-9-20(16(23)19-13)12-4-2-1-3-11(12)15(22)18-7-5-14-17-8-10-24-14/h1-4,8,10H,5-7,9H2,(H,18,22)(H,19,21,23). The van der Waals surface area contributed by atoms with Crippen LogP contribution in [0.25, 0.3) is 0 Å². The molecule has 2 aromatic rings. The van der Waals surface area contributed by atoms with Crippen molar-refractivity contribution in [3.63, 3.8) is 0 Å². The van der Waals surface area contributed by atoms with Gasteiger partial charge in [0.25, 0.3) is 5.91 Å². The van der Waals surface area contributed by atoms with Crippen molar-refractivity contribution < 1.29 is 14.4 Å². The number of imide groups is 1. The molecule has 1 aromatic heterocycles. The molecule has 3 rings (SSSR count). The predicted molar refractivity (Wildman–Crippen MR) is 90.1 cm³/mol. The zero-order valence-electron chi connectivity index (χ0n) is 12.8. The van der Waals surface area contributed by atoms with Crippen molar-refractivity contribution in [3.8, 4) is 0 Å². The minimum absolute atomic E-state index is 0.214. The number of thiazole rings is 1. The predicted octanol–water partition coefficient (Wildman–Crippen LogP) is 1.56. The van der Waals surface area contributed by atoms with Crippen molar-refractivity contribution in [2.75, 3.05) is 18.0 Å². The Labute approximate surface area is 142 Å². The van der Waals surface area contributed by atoms with Crippen LogP contribution >= 0.6 is 11.3 Å². The van der Waals surface area contributed by atoms with Crippen LogP contribution < -0.4 is 15.5 Å². The molecule has 1 aliphatic rings. The second kappa shape index (κ2) is 7.22. The van der Waals surface area contributed by atoms with Gasteiger partial charge in [0.05, 0.1) is 16.3 Å². The zero-order valence-corrected chi connectivity index (χ0v) is 13.6. The Morgan fingerprint density at radius 1 is 1.33 bits per heavy atom. The van der Waals surface area contributed by atoms with E-state index in [4.69, 9.17) is 0 Å². The van der Waals surface area contributed by atoms with Gasteiger partial charge in [0.2, 0.25) is 5.91 Å². The normalized spacial score (nSPS) is 14.4. The van der Waals surface area contributed by atoms with E-state index in [1.54, 1.807) is 41.8 Å². The summed E-state index contributed by atoms with van der Waals surface area (Å²) in [5, 5.41) is 7.96. The fourth-order valence-electron chi connectivity index (χ4n) is 2.45. The largest absolute Gasteiger partial charge is 0.352 e. The highest BCUT2D eigenvalue weighted by molar-refractivity contribution is 7.09. The molecule has 1 saturated heterocycles. The molecule has 124 valence electrons. The molecule has 4 amide bonds. The molecule has 1 aromatic carbocycles. The first-order valence-corrected chi connectivity index (χ1v) is 8.40. The van der Waals surface area contributed by atoms with Crippen LogP contribution in [-0.2, 0) is 11.2 Å². The number of benzene rings is 1. The van der Waals surface area contributed by atoms with E-state index in [0.29, 0.717) is 24.2 Å². The first-order chi connectivity index (χ1) is 11.6. The van der Waals surface area contributed by atoms with Gasteiger partial charge in [-0.25, -0.2) is 9.78 Å². The van der Waals surface area contributed by atoms with Crippen LogP contribution in [0.3, 0.4) is 0 Å². The minimum atomic E-state index is -0.505. The van der Waals surface area contributed by atoms with Crippen LogP contribution in [0.15, 0.2) is 35.8 Å². The summed E-state index contributed by atoms with van der Waals surface area (Å²) < 4.78 is 0. The molecular weight excluding hydrogens is 328 g/mol. The van der Waals surface area contributed by atoms with E-state index < -0.39 is 6.03 Å². The van der Waals surface area contributed by atoms with Gasteiger partial charge in [-0.1, -0.05) is 12.1 Å². The van der Waals surface area contributed by atoms with E-state index in [9.17, 15) is 14.4 Å². The molecule has 0 radical (unpaired) electrons. The number of nitrogens with one attached hydrogen (secondary N) is 2. The van der Waals surface area contributed by atoms with E-state index >= 15 is 0 Å². The molecule has 2 N–H and O–H groups in total. The molecule has 0 unspecified atom stereocenters. The highest BCUT2D eigenvalue weighted by atomic mass is 32.1. The number of urea groups is 1. The van der Waals surface area contributed by atoms with E-state index in [2.05, 4.69) is 15.6 Å². The molecule has 1 aliphatic heterocycles. The quantitative estimate of drug-likeness (QED) is 0.861. The summed E-state index contributed by atoms with van der Waals surface area (Å²) in [6.07, 6.45) is 2.60. The third-order valence-electron chi connectivity index (χ3n) is 3.60. The first kappa shape index (κ1) is 16.1. The fraction of sp³-hybridized carbons (Fsp3) is 0.250. The van der Waals surface area contributed by atoms with Gasteiger partial charge in [-0.2, -0.15) is 0 Å². The van der Waals surface area contributed by atoms with E-state index in [1.165, 1.54) is 4.90 Å². The Hall–Kier alpha value is -2.74. The lowest BCUT2D eigenvalue weighted by Gasteiger charge is -2.28. The van der Waals surface area contributed by atoms with E-state index in [1.807, 2.05) is 5.38 Å². The van der Waals surface area contributed by atoms with Gasteiger partial charge in [0.15, 0.2) is 0 Å². The van der Waals surface area contributed by atoms with Gasteiger partial charge in [0.1, 0.15) is 0 Å². The summed E-state index contributed by atoms with van der Waals surface area (Å²) in [6.45, 7) is 0.722. The van der Waals surface area contributed by atoms with Gasteiger partial charge in [0, 0.05) is 37.5 Å². The SMILES string of the molecule is O=C1CCN(c2ccccc2C(=O)NCCc2nccs2)C(=O)N1. The number of amides is 4. The molecule has 1 fully saturated rings. The van der Waals surface area contributed by atoms with Gasteiger partial charge >= 0.3 is 6.03 Å². The third-order valence-corrected chi connectivity index (χ3v) is 4.44. The number of hydrogen-bond acceptors (Lipinski definition) is 5. The number of rotatable bonds is 5. The third kappa shape index (κ3) is 3.60. The number of para-hydroxylation sites is 1. The molecule has 7 nitrogen and oxygen atoms in total. The Kier molecular flexibility index (Phi) is 4.85. The first-order valence-electron chi connectivity index (χ1n) is 7.52.